The van der Waals surface area contributed by atoms with Gasteiger partial charge >= 0.3 is 0 Å². The summed E-state index contributed by atoms with van der Waals surface area (Å²) in [6.45, 7) is 6.36. The second kappa shape index (κ2) is 11.0. The Hall–Kier alpha value is -3.02. The molecule has 2 amide bonds. The van der Waals surface area contributed by atoms with Crippen LogP contribution in [0.1, 0.15) is 45.2 Å². The van der Waals surface area contributed by atoms with Gasteiger partial charge in [-0.05, 0) is 55.3 Å². The van der Waals surface area contributed by atoms with E-state index in [0.717, 1.165) is 23.4 Å². The monoisotopic (exact) mass is 384 g/mol. The van der Waals surface area contributed by atoms with E-state index in [2.05, 4.69) is 17.6 Å². The van der Waals surface area contributed by atoms with Gasteiger partial charge in [-0.3, -0.25) is 9.59 Å². The Morgan fingerprint density at radius 3 is 2.07 bits per heavy atom. The van der Waals surface area contributed by atoms with Gasteiger partial charge in [-0.15, -0.1) is 0 Å². The molecule has 0 radical (unpaired) electrons. The van der Waals surface area contributed by atoms with Crippen LogP contribution in [0.25, 0.3) is 0 Å². The molecule has 2 aromatic rings. The highest BCUT2D eigenvalue weighted by atomic mass is 16.5. The van der Waals surface area contributed by atoms with Crippen LogP contribution in [0, 0.1) is 0 Å². The Labute approximate surface area is 166 Å². The van der Waals surface area contributed by atoms with Crippen LogP contribution in [0.4, 0.5) is 5.69 Å². The van der Waals surface area contributed by atoms with Crippen molar-refractivity contribution in [2.24, 2.45) is 0 Å². The molecular formula is C22H28N2O4. The zero-order valence-corrected chi connectivity index (χ0v) is 16.7. The zero-order valence-electron chi connectivity index (χ0n) is 16.7. The molecule has 6 heteroatoms. The van der Waals surface area contributed by atoms with E-state index in [0.29, 0.717) is 18.8 Å². The third kappa shape index (κ3) is 6.95. The number of hydrogen-bond acceptors (Lipinski definition) is 4. The van der Waals surface area contributed by atoms with Gasteiger partial charge in [-0.2, -0.15) is 0 Å². The van der Waals surface area contributed by atoms with E-state index in [-0.39, 0.29) is 24.5 Å². The summed E-state index contributed by atoms with van der Waals surface area (Å²) >= 11 is 0. The fraction of sp³-hybridized carbons (Fsp3) is 0.364. The number of carbonyl (C=O) groups is 2. The number of amides is 2. The quantitative estimate of drug-likeness (QED) is 0.647. The molecule has 0 aliphatic rings. The molecule has 6 nitrogen and oxygen atoms in total. The number of ether oxygens (including phenoxy) is 2. The first-order valence-corrected chi connectivity index (χ1v) is 9.56. The Bertz CT molecular complexity index is 757. The molecule has 0 heterocycles. The van der Waals surface area contributed by atoms with Crippen molar-refractivity contribution in [3.05, 3.63) is 54.1 Å². The van der Waals surface area contributed by atoms with Gasteiger partial charge in [0.2, 0.25) is 5.91 Å². The lowest BCUT2D eigenvalue weighted by atomic mass is 10.1. The molecule has 0 spiro atoms. The molecule has 0 bridgehead atoms. The minimum absolute atomic E-state index is 0.0313. The van der Waals surface area contributed by atoms with E-state index >= 15 is 0 Å². The minimum Gasteiger partial charge on any atom is -0.494 e. The van der Waals surface area contributed by atoms with Crippen molar-refractivity contribution < 1.29 is 19.1 Å². The molecule has 2 aromatic carbocycles. The van der Waals surface area contributed by atoms with Crippen LogP contribution in [0.2, 0.25) is 0 Å². The maximum absolute atomic E-state index is 12.1. The second-order valence-electron chi connectivity index (χ2n) is 6.42. The molecule has 0 aliphatic carbocycles. The first-order valence-electron chi connectivity index (χ1n) is 9.56. The average molecular weight is 384 g/mol. The lowest BCUT2D eigenvalue weighted by Crippen LogP contribution is -2.31. The van der Waals surface area contributed by atoms with Gasteiger partial charge in [0, 0.05) is 12.1 Å². The Morgan fingerprint density at radius 2 is 1.50 bits per heavy atom. The topological polar surface area (TPSA) is 76.7 Å². The summed E-state index contributed by atoms with van der Waals surface area (Å²) in [5.74, 6) is 1.16. The molecule has 28 heavy (non-hydrogen) atoms. The molecule has 1 atom stereocenters. The molecule has 0 saturated heterocycles. The predicted molar refractivity (Wildman–Crippen MR) is 110 cm³/mol. The van der Waals surface area contributed by atoms with E-state index in [1.165, 1.54) is 0 Å². The first-order chi connectivity index (χ1) is 13.5. The van der Waals surface area contributed by atoms with Crippen molar-refractivity contribution in [1.29, 1.82) is 0 Å². The Balaban J connectivity index is 1.79. The highest BCUT2D eigenvalue weighted by Crippen LogP contribution is 2.18. The molecule has 0 saturated carbocycles. The second-order valence-corrected chi connectivity index (χ2v) is 6.42. The van der Waals surface area contributed by atoms with E-state index in [4.69, 9.17) is 9.47 Å². The third-order valence-corrected chi connectivity index (χ3v) is 4.06. The van der Waals surface area contributed by atoms with Gasteiger partial charge in [-0.1, -0.05) is 26.0 Å². The van der Waals surface area contributed by atoms with E-state index in [1.54, 1.807) is 19.1 Å². The number of anilines is 1. The summed E-state index contributed by atoms with van der Waals surface area (Å²) in [6.07, 6.45) is 1.38. The van der Waals surface area contributed by atoms with Crippen molar-refractivity contribution in [2.75, 3.05) is 18.5 Å². The fourth-order valence-corrected chi connectivity index (χ4v) is 2.47. The third-order valence-electron chi connectivity index (χ3n) is 4.06. The number of rotatable bonds is 10. The molecule has 150 valence electrons. The highest BCUT2D eigenvalue weighted by Gasteiger charge is 2.11. The SMILES string of the molecule is CCCOc1ccc(OCC(=O)NC(C)c2ccc(NC(=O)CC)cc2)cc1. The predicted octanol–water partition coefficient (Wildman–Crippen LogP) is 4.08. The van der Waals surface area contributed by atoms with Crippen molar-refractivity contribution in [2.45, 2.75) is 39.7 Å². The van der Waals surface area contributed by atoms with Gasteiger partial charge in [-0.25, -0.2) is 0 Å². The van der Waals surface area contributed by atoms with Crippen LogP contribution >= 0.6 is 0 Å². The molecule has 2 rings (SSSR count). The standard InChI is InChI=1S/C22H28N2O4/c1-4-14-27-19-10-12-20(13-11-19)28-15-22(26)23-16(3)17-6-8-18(9-7-17)24-21(25)5-2/h6-13,16H,4-5,14-15H2,1-3H3,(H,23,26)(H,24,25). The molecule has 2 N–H and O–H groups in total. The fourth-order valence-electron chi connectivity index (χ4n) is 2.47. The first kappa shape index (κ1) is 21.3. The van der Waals surface area contributed by atoms with Crippen molar-refractivity contribution >= 4 is 17.5 Å². The van der Waals surface area contributed by atoms with Crippen LogP contribution in [0.15, 0.2) is 48.5 Å². The smallest absolute Gasteiger partial charge is 0.258 e. The van der Waals surface area contributed by atoms with Crippen LogP contribution in [-0.4, -0.2) is 25.0 Å². The molecule has 0 aliphatic heterocycles. The van der Waals surface area contributed by atoms with E-state index in [1.807, 2.05) is 43.3 Å². The number of hydrogen-bond donors (Lipinski definition) is 2. The van der Waals surface area contributed by atoms with Gasteiger partial charge in [0.1, 0.15) is 11.5 Å². The van der Waals surface area contributed by atoms with Crippen LogP contribution in [0.5, 0.6) is 11.5 Å². The van der Waals surface area contributed by atoms with Gasteiger partial charge in [0.05, 0.1) is 12.6 Å². The molecule has 1 unspecified atom stereocenters. The lowest BCUT2D eigenvalue weighted by molar-refractivity contribution is -0.123. The number of nitrogens with one attached hydrogen (secondary N) is 2. The van der Waals surface area contributed by atoms with Crippen LogP contribution in [0.3, 0.4) is 0 Å². The maximum atomic E-state index is 12.1. The Kier molecular flexibility index (Phi) is 8.34. The Morgan fingerprint density at radius 1 is 0.893 bits per heavy atom. The van der Waals surface area contributed by atoms with Gasteiger partial charge in [0.15, 0.2) is 6.61 Å². The summed E-state index contributed by atoms with van der Waals surface area (Å²) in [6, 6.07) is 14.5. The summed E-state index contributed by atoms with van der Waals surface area (Å²) in [5.41, 5.74) is 1.68. The summed E-state index contributed by atoms with van der Waals surface area (Å²) in [7, 11) is 0. The van der Waals surface area contributed by atoms with Crippen LogP contribution < -0.4 is 20.1 Å². The largest absolute Gasteiger partial charge is 0.494 e. The van der Waals surface area contributed by atoms with E-state index in [9.17, 15) is 9.59 Å². The lowest BCUT2D eigenvalue weighted by Gasteiger charge is -2.15. The molecule has 0 aromatic heterocycles. The zero-order chi connectivity index (χ0) is 20.4. The van der Waals surface area contributed by atoms with E-state index < -0.39 is 0 Å². The summed E-state index contributed by atoms with van der Waals surface area (Å²) < 4.78 is 11.0. The van der Waals surface area contributed by atoms with Gasteiger partial charge < -0.3 is 20.1 Å². The molecular weight excluding hydrogens is 356 g/mol. The van der Waals surface area contributed by atoms with Gasteiger partial charge in [0.25, 0.3) is 5.91 Å². The average Bonchev–Trinajstić information content (AvgIpc) is 2.71. The summed E-state index contributed by atoms with van der Waals surface area (Å²) in [5, 5.41) is 5.70. The van der Waals surface area contributed by atoms with Crippen molar-refractivity contribution in [1.82, 2.24) is 5.32 Å². The maximum Gasteiger partial charge on any atom is 0.258 e. The van der Waals surface area contributed by atoms with Crippen molar-refractivity contribution in [3.8, 4) is 11.5 Å². The van der Waals surface area contributed by atoms with Crippen LogP contribution in [-0.2, 0) is 9.59 Å². The minimum atomic E-state index is -0.206. The molecule has 0 fully saturated rings. The normalized spacial score (nSPS) is 11.4. The van der Waals surface area contributed by atoms with Crippen molar-refractivity contribution in [3.63, 3.8) is 0 Å². The number of carbonyl (C=O) groups excluding carboxylic acids is 2. The number of benzene rings is 2. The highest BCUT2D eigenvalue weighted by molar-refractivity contribution is 5.90. The summed E-state index contributed by atoms with van der Waals surface area (Å²) in [4.78, 5) is 23.6.